The van der Waals surface area contributed by atoms with Crippen LogP contribution >= 0.6 is 0 Å². The van der Waals surface area contributed by atoms with Crippen molar-refractivity contribution in [2.24, 2.45) is 5.92 Å². The highest BCUT2D eigenvalue weighted by Gasteiger charge is 2.45. The quantitative estimate of drug-likeness (QED) is 0.745. The number of anilines is 1. The number of hydrogen-bond donors (Lipinski definition) is 0. The minimum absolute atomic E-state index is 0.0000558. The number of carbonyl (C=O) groups excluding carboxylic acids is 3. The van der Waals surface area contributed by atoms with Crippen LogP contribution in [0.3, 0.4) is 0 Å². The lowest BCUT2D eigenvalue weighted by molar-refractivity contribution is -0.145. The van der Waals surface area contributed by atoms with Crippen LogP contribution in [0, 0.1) is 5.92 Å². The van der Waals surface area contributed by atoms with Gasteiger partial charge in [0.25, 0.3) is 5.91 Å². The summed E-state index contributed by atoms with van der Waals surface area (Å²) in [5, 5.41) is 0. The van der Waals surface area contributed by atoms with E-state index >= 15 is 0 Å². The lowest BCUT2D eigenvalue weighted by Crippen LogP contribution is -2.57. The molecule has 160 valence electrons. The number of fused-ring (bicyclic) bond motifs is 1. The molecule has 4 aliphatic rings. The fourth-order valence-corrected chi connectivity index (χ4v) is 5.24. The molecule has 3 heterocycles. The number of ether oxygens (including phenoxy) is 1. The van der Waals surface area contributed by atoms with Crippen molar-refractivity contribution in [2.45, 2.75) is 57.0 Å². The third-order valence-electron chi connectivity index (χ3n) is 6.93. The Labute approximate surface area is 176 Å². The summed E-state index contributed by atoms with van der Waals surface area (Å²) in [5.74, 6) is 1.42. The van der Waals surface area contributed by atoms with Crippen LogP contribution in [0.15, 0.2) is 24.3 Å². The van der Waals surface area contributed by atoms with Crippen LogP contribution in [-0.2, 0) is 14.4 Å². The minimum Gasteiger partial charge on any atom is -0.484 e. The second-order valence-corrected chi connectivity index (χ2v) is 8.96. The van der Waals surface area contributed by atoms with Crippen molar-refractivity contribution in [2.75, 3.05) is 31.1 Å². The summed E-state index contributed by atoms with van der Waals surface area (Å²) in [4.78, 5) is 42.9. The number of carbonyl (C=O) groups is 3. The molecule has 3 aliphatic heterocycles. The number of piperidine rings is 2. The number of likely N-dealkylation sites (tertiary alicyclic amines) is 2. The van der Waals surface area contributed by atoms with E-state index in [0.29, 0.717) is 55.6 Å². The maximum absolute atomic E-state index is 12.8. The van der Waals surface area contributed by atoms with Crippen molar-refractivity contribution in [1.82, 2.24) is 9.80 Å². The van der Waals surface area contributed by atoms with E-state index in [-0.39, 0.29) is 18.4 Å². The van der Waals surface area contributed by atoms with E-state index in [4.69, 9.17) is 4.74 Å². The van der Waals surface area contributed by atoms with E-state index in [0.717, 1.165) is 44.3 Å². The normalized spacial score (nSPS) is 26.7. The fraction of sp³-hybridized carbons (Fsp3) is 0.609. The van der Waals surface area contributed by atoms with E-state index in [1.165, 1.54) is 0 Å². The summed E-state index contributed by atoms with van der Waals surface area (Å²) in [6.45, 7) is 2.13. The number of hydrogen-bond acceptors (Lipinski definition) is 4. The van der Waals surface area contributed by atoms with Gasteiger partial charge in [0.15, 0.2) is 6.61 Å². The highest BCUT2D eigenvalue weighted by Crippen LogP contribution is 2.39. The number of rotatable bonds is 5. The van der Waals surface area contributed by atoms with Crippen LogP contribution in [0.2, 0.25) is 0 Å². The molecule has 0 spiro atoms. The molecule has 5 rings (SSSR count). The first-order chi connectivity index (χ1) is 14.6. The molecule has 0 radical (unpaired) electrons. The van der Waals surface area contributed by atoms with Gasteiger partial charge in [0.1, 0.15) is 5.75 Å². The molecule has 1 aromatic rings. The van der Waals surface area contributed by atoms with Crippen LogP contribution in [0.5, 0.6) is 5.75 Å². The van der Waals surface area contributed by atoms with Crippen molar-refractivity contribution in [3.05, 3.63) is 24.3 Å². The van der Waals surface area contributed by atoms with Crippen LogP contribution in [0.4, 0.5) is 5.69 Å². The average molecular weight is 412 g/mol. The molecular weight excluding hydrogens is 382 g/mol. The third-order valence-corrected chi connectivity index (χ3v) is 6.93. The van der Waals surface area contributed by atoms with Gasteiger partial charge in [-0.15, -0.1) is 0 Å². The smallest absolute Gasteiger partial charge is 0.260 e. The van der Waals surface area contributed by atoms with Gasteiger partial charge in [-0.2, -0.15) is 0 Å². The molecular formula is C23H29N3O4. The molecule has 2 atom stereocenters. The Morgan fingerprint density at radius 2 is 1.90 bits per heavy atom. The lowest BCUT2D eigenvalue weighted by Gasteiger charge is -2.47. The van der Waals surface area contributed by atoms with Gasteiger partial charge in [-0.25, -0.2) is 0 Å². The minimum atomic E-state index is -0.00836. The van der Waals surface area contributed by atoms with Crippen molar-refractivity contribution in [1.29, 1.82) is 0 Å². The second kappa shape index (κ2) is 7.93. The van der Waals surface area contributed by atoms with Gasteiger partial charge in [-0.3, -0.25) is 14.4 Å². The number of nitrogens with zero attached hydrogens (tertiary/aromatic N) is 3. The Bertz CT molecular complexity index is 853. The van der Waals surface area contributed by atoms with Crippen molar-refractivity contribution >= 4 is 23.4 Å². The van der Waals surface area contributed by atoms with E-state index in [1.807, 2.05) is 29.2 Å². The SMILES string of the molecule is O=C(COc1cccc(N2CCCC2=O)c1)N1CC[C@H]2[C@H](CCC(=O)N2C2CC2)C1. The maximum Gasteiger partial charge on any atom is 0.260 e. The van der Waals surface area contributed by atoms with Gasteiger partial charge in [-0.05, 0) is 50.2 Å². The fourth-order valence-electron chi connectivity index (χ4n) is 5.24. The summed E-state index contributed by atoms with van der Waals surface area (Å²) in [7, 11) is 0. The lowest BCUT2D eigenvalue weighted by atomic mass is 9.83. The van der Waals surface area contributed by atoms with Gasteiger partial charge in [0.2, 0.25) is 11.8 Å². The molecule has 0 aromatic heterocycles. The molecule has 4 fully saturated rings. The molecule has 3 saturated heterocycles. The van der Waals surface area contributed by atoms with Gasteiger partial charge in [0.05, 0.1) is 0 Å². The molecule has 1 saturated carbocycles. The zero-order valence-electron chi connectivity index (χ0n) is 17.3. The molecule has 0 unspecified atom stereocenters. The maximum atomic E-state index is 12.8. The standard InChI is InChI=1S/C23H29N3O4/c27-21-5-2-11-25(21)18-3-1-4-19(13-18)30-15-23(29)24-12-10-20-16(14-24)6-9-22(28)26(20)17-7-8-17/h1,3-4,13,16-17,20H,2,5-12,14-15H2/t16-,20+/m1/s1. The molecule has 0 N–H and O–H groups in total. The van der Waals surface area contributed by atoms with E-state index in [9.17, 15) is 14.4 Å². The van der Waals surface area contributed by atoms with Gasteiger partial charge >= 0.3 is 0 Å². The first-order valence-electron chi connectivity index (χ1n) is 11.2. The Morgan fingerprint density at radius 1 is 1.03 bits per heavy atom. The topological polar surface area (TPSA) is 70.2 Å². The Balaban J connectivity index is 1.17. The summed E-state index contributed by atoms with van der Waals surface area (Å²) < 4.78 is 5.79. The van der Waals surface area contributed by atoms with E-state index < -0.39 is 0 Å². The molecule has 30 heavy (non-hydrogen) atoms. The Hall–Kier alpha value is -2.57. The summed E-state index contributed by atoms with van der Waals surface area (Å²) in [5.41, 5.74) is 0.829. The van der Waals surface area contributed by atoms with Crippen LogP contribution in [-0.4, -0.2) is 65.8 Å². The summed E-state index contributed by atoms with van der Waals surface area (Å²) in [6.07, 6.45) is 6.08. The van der Waals surface area contributed by atoms with Crippen molar-refractivity contribution in [3.8, 4) is 5.75 Å². The molecule has 1 aliphatic carbocycles. The molecule has 7 heteroatoms. The number of amides is 3. The summed E-state index contributed by atoms with van der Waals surface area (Å²) in [6, 6.07) is 8.17. The molecule has 0 bridgehead atoms. The monoisotopic (exact) mass is 411 g/mol. The number of benzene rings is 1. The van der Waals surface area contributed by atoms with Crippen LogP contribution < -0.4 is 9.64 Å². The zero-order chi connectivity index (χ0) is 20.7. The van der Waals surface area contributed by atoms with Crippen molar-refractivity contribution < 1.29 is 19.1 Å². The molecule has 7 nitrogen and oxygen atoms in total. The van der Waals surface area contributed by atoms with E-state index in [1.54, 1.807) is 4.90 Å². The molecule has 3 amide bonds. The van der Waals surface area contributed by atoms with Gasteiger partial charge in [-0.1, -0.05) is 6.07 Å². The largest absolute Gasteiger partial charge is 0.484 e. The van der Waals surface area contributed by atoms with Crippen molar-refractivity contribution in [3.63, 3.8) is 0 Å². The van der Waals surface area contributed by atoms with E-state index in [2.05, 4.69) is 4.90 Å². The third kappa shape index (κ3) is 3.77. The molecule has 1 aromatic carbocycles. The first-order valence-corrected chi connectivity index (χ1v) is 11.2. The highest BCUT2D eigenvalue weighted by atomic mass is 16.5. The van der Waals surface area contributed by atoms with Gasteiger partial charge in [0, 0.05) is 56.3 Å². The van der Waals surface area contributed by atoms with Crippen LogP contribution in [0.25, 0.3) is 0 Å². The predicted molar refractivity (Wildman–Crippen MR) is 111 cm³/mol. The first kappa shape index (κ1) is 19.4. The average Bonchev–Trinajstić information content (AvgIpc) is 3.51. The highest BCUT2D eigenvalue weighted by molar-refractivity contribution is 5.95. The predicted octanol–water partition coefficient (Wildman–Crippen LogP) is 2.19. The Kier molecular flexibility index (Phi) is 5.13. The Morgan fingerprint density at radius 3 is 2.67 bits per heavy atom. The second-order valence-electron chi connectivity index (χ2n) is 8.96. The zero-order valence-corrected chi connectivity index (χ0v) is 17.3. The van der Waals surface area contributed by atoms with Gasteiger partial charge < -0.3 is 19.4 Å². The summed E-state index contributed by atoms with van der Waals surface area (Å²) >= 11 is 0. The van der Waals surface area contributed by atoms with Crippen LogP contribution in [0.1, 0.15) is 44.9 Å².